The van der Waals surface area contributed by atoms with Crippen LogP contribution >= 0.6 is 34.7 Å². The number of carbonyl (C=O) groups excluding carboxylic acids is 1. The van der Waals surface area contributed by atoms with Gasteiger partial charge >= 0.3 is 0 Å². The Morgan fingerprint density at radius 1 is 1.19 bits per heavy atom. The van der Waals surface area contributed by atoms with Crippen molar-refractivity contribution in [1.29, 1.82) is 0 Å². The number of hydrogen-bond acceptors (Lipinski definition) is 6. The molecule has 0 aliphatic rings. The molecule has 2 aromatic carbocycles. The molecule has 0 fully saturated rings. The van der Waals surface area contributed by atoms with Gasteiger partial charge < -0.3 is 10.2 Å². The fourth-order valence-corrected chi connectivity index (χ4v) is 4.19. The van der Waals surface area contributed by atoms with Crippen molar-refractivity contribution in [2.24, 2.45) is 5.73 Å². The summed E-state index contributed by atoms with van der Waals surface area (Å²) in [6, 6.07) is 12.5. The van der Waals surface area contributed by atoms with E-state index in [4.69, 9.17) is 21.8 Å². The number of hydrogen-bond donors (Lipinski definition) is 1. The van der Waals surface area contributed by atoms with Crippen LogP contribution in [0.1, 0.15) is 16.1 Å². The highest BCUT2D eigenvalue weighted by Gasteiger charge is 2.10. The lowest BCUT2D eigenvalue weighted by Gasteiger charge is -1.98. The molecule has 1 amide bonds. The smallest absolute Gasteiger partial charge is 0.257 e. The molecule has 130 valence electrons. The van der Waals surface area contributed by atoms with Crippen LogP contribution in [-0.2, 0) is 5.75 Å². The Morgan fingerprint density at radius 2 is 2.00 bits per heavy atom. The highest BCUT2D eigenvalue weighted by atomic mass is 35.5. The second kappa shape index (κ2) is 7.11. The van der Waals surface area contributed by atoms with Gasteiger partial charge in [-0.25, -0.2) is 9.97 Å². The van der Waals surface area contributed by atoms with Crippen molar-refractivity contribution in [2.45, 2.75) is 11.0 Å². The maximum Gasteiger partial charge on any atom is 0.257 e. The third-order valence-corrected chi connectivity index (χ3v) is 5.68. The van der Waals surface area contributed by atoms with Crippen molar-refractivity contribution in [2.75, 3.05) is 0 Å². The number of halogens is 1. The number of nitrogens with two attached hydrogens (primary N) is 1. The van der Waals surface area contributed by atoms with E-state index in [2.05, 4.69) is 9.97 Å². The molecule has 0 saturated carbocycles. The molecule has 26 heavy (non-hydrogen) atoms. The number of thioether (sulfide) groups is 1. The molecule has 0 aliphatic carbocycles. The second-order valence-corrected chi connectivity index (χ2v) is 7.69. The molecule has 8 heteroatoms. The van der Waals surface area contributed by atoms with Crippen LogP contribution in [0.4, 0.5) is 0 Å². The predicted octanol–water partition coefficient (Wildman–Crippen LogP) is 5.00. The van der Waals surface area contributed by atoms with E-state index < -0.39 is 5.91 Å². The van der Waals surface area contributed by atoms with Gasteiger partial charge in [0.15, 0.2) is 5.58 Å². The number of primary amides is 1. The highest BCUT2D eigenvalue weighted by molar-refractivity contribution is 7.98. The number of fused-ring (bicyclic) bond motifs is 1. The zero-order valence-electron chi connectivity index (χ0n) is 13.3. The van der Waals surface area contributed by atoms with Crippen LogP contribution < -0.4 is 5.73 Å². The first-order valence-electron chi connectivity index (χ1n) is 7.62. The summed E-state index contributed by atoms with van der Waals surface area (Å²) in [6.45, 7) is 0. The van der Waals surface area contributed by atoms with E-state index in [9.17, 15) is 4.79 Å². The maximum absolute atomic E-state index is 11.1. The fraction of sp³-hybridized carbons (Fsp3) is 0.0556. The van der Waals surface area contributed by atoms with E-state index in [1.165, 1.54) is 11.8 Å². The van der Waals surface area contributed by atoms with Crippen LogP contribution in [0.25, 0.3) is 21.7 Å². The van der Waals surface area contributed by atoms with Gasteiger partial charge in [0.25, 0.3) is 5.22 Å². The van der Waals surface area contributed by atoms with Crippen molar-refractivity contribution in [3.8, 4) is 10.6 Å². The molecular weight excluding hydrogens is 390 g/mol. The minimum atomic E-state index is -0.438. The molecule has 2 heterocycles. The first-order valence-corrected chi connectivity index (χ1v) is 9.86. The van der Waals surface area contributed by atoms with Gasteiger partial charge in [0, 0.05) is 27.3 Å². The molecule has 4 aromatic rings. The molecule has 0 saturated heterocycles. The minimum absolute atomic E-state index is 0.438. The number of benzene rings is 2. The number of oxazole rings is 1. The average Bonchev–Trinajstić information content (AvgIpc) is 3.26. The van der Waals surface area contributed by atoms with Crippen molar-refractivity contribution in [1.82, 2.24) is 9.97 Å². The molecule has 5 nitrogen and oxygen atoms in total. The Kier molecular flexibility index (Phi) is 4.67. The molecule has 0 aliphatic heterocycles. The van der Waals surface area contributed by atoms with Crippen molar-refractivity contribution in [3.05, 3.63) is 64.1 Å². The number of rotatable bonds is 5. The Bertz CT molecular complexity index is 1090. The summed E-state index contributed by atoms with van der Waals surface area (Å²) in [4.78, 5) is 20.2. The average molecular weight is 402 g/mol. The Morgan fingerprint density at radius 3 is 2.77 bits per heavy atom. The number of carbonyl (C=O) groups is 1. The first kappa shape index (κ1) is 17.1. The zero-order valence-corrected chi connectivity index (χ0v) is 15.7. The monoisotopic (exact) mass is 401 g/mol. The summed E-state index contributed by atoms with van der Waals surface area (Å²) < 4.78 is 5.70. The van der Waals surface area contributed by atoms with Gasteiger partial charge in [0.05, 0.1) is 5.69 Å². The van der Waals surface area contributed by atoms with Gasteiger partial charge in [0.1, 0.15) is 10.5 Å². The minimum Gasteiger partial charge on any atom is -0.431 e. The van der Waals surface area contributed by atoms with E-state index in [1.54, 1.807) is 35.6 Å². The summed E-state index contributed by atoms with van der Waals surface area (Å²) in [5, 5.41) is 4.11. The van der Waals surface area contributed by atoms with Crippen LogP contribution in [0.15, 0.2) is 57.5 Å². The molecule has 0 atom stereocenters. The molecule has 4 rings (SSSR count). The van der Waals surface area contributed by atoms with E-state index in [0.29, 0.717) is 27.1 Å². The van der Waals surface area contributed by atoms with Crippen LogP contribution in [0, 0.1) is 0 Å². The molecule has 2 N–H and O–H groups in total. The van der Waals surface area contributed by atoms with Gasteiger partial charge in [-0.1, -0.05) is 35.5 Å². The summed E-state index contributed by atoms with van der Waals surface area (Å²) in [5.41, 5.74) is 9.09. The number of thiazole rings is 1. The lowest BCUT2D eigenvalue weighted by Crippen LogP contribution is -2.10. The summed E-state index contributed by atoms with van der Waals surface area (Å²) in [6.07, 6.45) is 0. The molecule has 0 radical (unpaired) electrons. The quantitative estimate of drug-likeness (QED) is 0.476. The van der Waals surface area contributed by atoms with Crippen LogP contribution in [-0.4, -0.2) is 15.9 Å². The Hall–Kier alpha value is -2.35. The predicted molar refractivity (Wildman–Crippen MR) is 105 cm³/mol. The van der Waals surface area contributed by atoms with Crippen molar-refractivity contribution < 1.29 is 9.21 Å². The Labute approximate surface area is 162 Å². The number of aromatic nitrogens is 2. The summed E-state index contributed by atoms with van der Waals surface area (Å²) >= 11 is 9.00. The molecule has 0 unspecified atom stereocenters. The highest BCUT2D eigenvalue weighted by Crippen LogP contribution is 2.30. The van der Waals surface area contributed by atoms with Crippen molar-refractivity contribution in [3.63, 3.8) is 0 Å². The molecule has 0 spiro atoms. The van der Waals surface area contributed by atoms with Crippen LogP contribution in [0.5, 0.6) is 0 Å². The van der Waals surface area contributed by atoms with E-state index in [0.717, 1.165) is 21.8 Å². The maximum atomic E-state index is 11.1. The molecule has 2 aromatic heterocycles. The lowest BCUT2D eigenvalue weighted by molar-refractivity contribution is 0.100. The largest absolute Gasteiger partial charge is 0.431 e. The fourth-order valence-electron chi connectivity index (χ4n) is 2.36. The van der Waals surface area contributed by atoms with E-state index >= 15 is 0 Å². The number of nitrogens with zero attached hydrogens (tertiary/aromatic N) is 2. The topological polar surface area (TPSA) is 82.0 Å². The van der Waals surface area contributed by atoms with E-state index in [-0.39, 0.29) is 0 Å². The third-order valence-electron chi connectivity index (χ3n) is 3.64. The van der Waals surface area contributed by atoms with Gasteiger partial charge in [-0.2, -0.15) is 0 Å². The SMILES string of the molecule is NC(=O)c1ccc(-c2nc(CSc3nc4cc(Cl)ccc4o3)cs2)cc1. The summed E-state index contributed by atoms with van der Waals surface area (Å²) in [7, 11) is 0. The first-order chi connectivity index (χ1) is 12.6. The zero-order chi connectivity index (χ0) is 18.1. The van der Waals surface area contributed by atoms with Crippen molar-refractivity contribution >= 4 is 51.7 Å². The van der Waals surface area contributed by atoms with Gasteiger partial charge in [-0.15, -0.1) is 11.3 Å². The Balaban J connectivity index is 1.46. The normalized spacial score (nSPS) is 11.1. The second-order valence-electron chi connectivity index (χ2n) is 5.47. The standard InChI is InChI=1S/C18H12ClN3O2S2/c19-12-5-6-15-14(7-12)22-18(24-15)26-9-13-8-25-17(21-13)11-3-1-10(2-4-11)16(20)23/h1-8H,9H2,(H2,20,23). The van der Waals surface area contributed by atoms with Crippen LogP contribution in [0.2, 0.25) is 5.02 Å². The number of amides is 1. The summed E-state index contributed by atoms with van der Waals surface area (Å²) in [5.74, 6) is 0.212. The molecular formula is C18H12ClN3O2S2. The van der Waals surface area contributed by atoms with E-state index in [1.807, 2.05) is 23.6 Å². The lowest BCUT2D eigenvalue weighted by atomic mass is 10.1. The third kappa shape index (κ3) is 3.60. The van der Waals surface area contributed by atoms with Gasteiger partial charge in [-0.3, -0.25) is 4.79 Å². The molecule has 0 bridgehead atoms. The van der Waals surface area contributed by atoms with Crippen LogP contribution in [0.3, 0.4) is 0 Å². The van der Waals surface area contributed by atoms with Gasteiger partial charge in [-0.05, 0) is 30.3 Å². The van der Waals surface area contributed by atoms with Gasteiger partial charge in [0.2, 0.25) is 5.91 Å².